The number of amides is 1. The first-order valence-electron chi connectivity index (χ1n) is 11.3. The van der Waals surface area contributed by atoms with Crippen molar-refractivity contribution >= 4 is 34.9 Å². The van der Waals surface area contributed by atoms with Crippen molar-refractivity contribution in [1.82, 2.24) is 9.78 Å². The third-order valence-corrected chi connectivity index (χ3v) is 6.00. The van der Waals surface area contributed by atoms with Crippen molar-refractivity contribution in [2.45, 2.75) is 26.5 Å². The zero-order valence-corrected chi connectivity index (χ0v) is 20.8. The molecule has 3 aromatic carbocycles. The minimum atomic E-state index is -1.40. The van der Waals surface area contributed by atoms with Gasteiger partial charge in [-0.2, -0.15) is 5.10 Å². The lowest BCUT2D eigenvalue weighted by Gasteiger charge is -2.18. The molecule has 0 fully saturated rings. The van der Waals surface area contributed by atoms with E-state index in [4.69, 9.17) is 16.3 Å². The molecule has 0 bridgehead atoms. The van der Waals surface area contributed by atoms with Gasteiger partial charge in [-0.3, -0.25) is 14.9 Å². The molecule has 0 aliphatic carbocycles. The Kier molecular flexibility index (Phi) is 7.64. The van der Waals surface area contributed by atoms with E-state index >= 15 is 0 Å². The van der Waals surface area contributed by atoms with Gasteiger partial charge in [0.25, 0.3) is 11.6 Å². The first kappa shape index (κ1) is 25.6. The molecule has 1 aromatic heterocycles. The number of nitrogens with zero attached hydrogens (tertiary/aromatic N) is 3. The number of rotatable bonds is 8. The van der Waals surface area contributed by atoms with E-state index in [1.165, 1.54) is 16.8 Å². The minimum absolute atomic E-state index is 0.0116. The summed E-state index contributed by atoms with van der Waals surface area (Å²) in [6.45, 7) is 3.67. The molecule has 0 saturated carbocycles. The molecule has 4 rings (SSSR count). The van der Waals surface area contributed by atoms with Crippen LogP contribution in [-0.4, -0.2) is 26.6 Å². The van der Waals surface area contributed by atoms with E-state index in [0.29, 0.717) is 23.4 Å². The van der Waals surface area contributed by atoms with Crippen LogP contribution < -0.4 is 5.32 Å². The van der Waals surface area contributed by atoms with Crippen LogP contribution in [0.4, 0.5) is 11.4 Å². The zero-order valence-electron chi connectivity index (χ0n) is 20.1. The number of hydrogen-bond donors (Lipinski definition) is 1. The second-order valence-electron chi connectivity index (χ2n) is 8.36. The Balaban J connectivity index is 1.62. The monoisotopic (exact) mass is 518 g/mol. The van der Waals surface area contributed by atoms with Crippen LogP contribution in [0.25, 0.3) is 0 Å². The van der Waals surface area contributed by atoms with Crippen molar-refractivity contribution in [1.29, 1.82) is 0 Å². The molecule has 10 heteroatoms. The van der Waals surface area contributed by atoms with Crippen LogP contribution >= 0.6 is 11.6 Å². The molecule has 4 aromatic rings. The molecular formula is C27H23ClN4O5. The highest BCUT2D eigenvalue weighted by molar-refractivity contribution is 6.32. The topological polar surface area (TPSA) is 116 Å². The second-order valence-corrected chi connectivity index (χ2v) is 8.72. The van der Waals surface area contributed by atoms with E-state index in [9.17, 15) is 19.7 Å². The number of carbonyl (C=O) groups excluding carboxylic acids is 2. The van der Waals surface area contributed by atoms with Gasteiger partial charge in [0.15, 0.2) is 0 Å². The summed E-state index contributed by atoms with van der Waals surface area (Å²) in [5.74, 6) is -1.60. The number of aryl methyl sites for hydroxylation is 2. The molecule has 37 heavy (non-hydrogen) atoms. The standard InChI is InChI=1S/C27H23ClN4O5/c1-17-13-14-21(22(15-17)32(35)36)29-26(33)24(20-11-7-4-8-12-20)37-27(34)23-18(2)30-31(25(23)28)16-19-9-5-3-6-10-19/h3-15,24H,16H2,1-2H3,(H,29,33). The summed E-state index contributed by atoms with van der Waals surface area (Å²) in [6.07, 6.45) is -1.40. The maximum absolute atomic E-state index is 13.3. The molecule has 1 atom stereocenters. The molecule has 9 nitrogen and oxygen atoms in total. The fraction of sp³-hybridized carbons (Fsp3) is 0.148. The van der Waals surface area contributed by atoms with Crippen molar-refractivity contribution in [2.75, 3.05) is 5.32 Å². The zero-order chi connectivity index (χ0) is 26.5. The number of nitrogens with one attached hydrogen (secondary N) is 1. The maximum atomic E-state index is 13.3. The SMILES string of the molecule is Cc1ccc(NC(=O)C(OC(=O)c2c(C)nn(Cc3ccccc3)c2Cl)c2ccccc2)c([N+](=O)[O-])c1. The first-order chi connectivity index (χ1) is 17.7. The molecule has 1 heterocycles. The van der Waals surface area contributed by atoms with Gasteiger partial charge in [-0.05, 0) is 31.0 Å². The number of esters is 1. The predicted molar refractivity (Wildman–Crippen MR) is 139 cm³/mol. The van der Waals surface area contributed by atoms with Crippen LogP contribution in [0.5, 0.6) is 0 Å². The molecule has 1 amide bonds. The van der Waals surface area contributed by atoms with Crippen LogP contribution in [0.2, 0.25) is 5.15 Å². The average Bonchev–Trinajstić information content (AvgIpc) is 3.16. The number of ether oxygens (including phenoxy) is 1. The largest absolute Gasteiger partial charge is 0.444 e. The highest BCUT2D eigenvalue weighted by atomic mass is 35.5. The van der Waals surface area contributed by atoms with Gasteiger partial charge in [0, 0.05) is 11.6 Å². The average molecular weight is 519 g/mol. The van der Waals surface area contributed by atoms with E-state index < -0.39 is 22.9 Å². The summed E-state index contributed by atoms with van der Waals surface area (Å²) >= 11 is 6.51. The summed E-state index contributed by atoms with van der Waals surface area (Å²) in [7, 11) is 0. The summed E-state index contributed by atoms with van der Waals surface area (Å²) in [5, 5.41) is 18.5. The number of anilines is 1. The van der Waals surface area contributed by atoms with E-state index in [0.717, 1.165) is 5.56 Å². The van der Waals surface area contributed by atoms with Gasteiger partial charge in [0.2, 0.25) is 6.10 Å². The predicted octanol–water partition coefficient (Wildman–Crippen LogP) is 5.65. The van der Waals surface area contributed by atoms with Gasteiger partial charge < -0.3 is 10.1 Å². The first-order valence-corrected chi connectivity index (χ1v) is 11.7. The number of aromatic nitrogens is 2. The van der Waals surface area contributed by atoms with Crippen molar-refractivity contribution in [3.8, 4) is 0 Å². The number of carbonyl (C=O) groups is 2. The van der Waals surface area contributed by atoms with Crippen molar-refractivity contribution in [3.63, 3.8) is 0 Å². The number of nitro benzene ring substituents is 1. The number of benzene rings is 3. The molecule has 0 aliphatic rings. The van der Waals surface area contributed by atoms with Crippen molar-refractivity contribution < 1.29 is 19.2 Å². The molecular weight excluding hydrogens is 496 g/mol. The fourth-order valence-electron chi connectivity index (χ4n) is 3.81. The quantitative estimate of drug-likeness (QED) is 0.183. The van der Waals surface area contributed by atoms with Crippen LogP contribution in [0.15, 0.2) is 78.9 Å². The molecule has 1 N–H and O–H groups in total. The molecule has 0 radical (unpaired) electrons. The Labute approximate surface area is 217 Å². The Morgan fingerprint density at radius 2 is 1.70 bits per heavy atom. The van der Waals surface area contributed by atoms with E-state index in [2.05, 4.69) is 10.4 Å². The highest BCUT2D eigenvalue weighted by Gasteiger charge is 2.30. The summed E-state index contributed by atoms with van der Waals surface area (Å²) in [4.78, 5) is 37.5. The number of nitro groups is 1. The summed E-state index contributed by atoms with van der Waals surface area (Å²) in [5.41, 5.74) is 2.07. The Bertz CT molecular complexity index is 1450. The van der Waals surface area contributed by atoms with Gasteiger partial charge in [-0.1, -0.05) is 78.3 Å². The highest BCUT2D eigenvalue weighted by Crippen LogP contribution is 2.29. The van der Waals surface area contributed by atoms with Gasteiger partial charge in [-0.15, -0.1) is 0 Å². The lowest BCUT2D eigenvalue weighted by molar-refractivity contribution is -0.384. The number of hydrogen-bond acceptors (Lipinski definition) is 6. The van der Waals surface area contributed by atoms with Crippen molar-refractivity contribution in [2.24, 2.45) is 0 Å². The van der Waals surface area contributed by atoms with Crippen molar-refractivity contribution in [3.05, 3.63) is 122 Å². The fourth-order valence-corrected chi connectivity index (χ4v) is 4.12. The smallest absolute Gasteiger partial charge is 0.344 e. The number of halogens is 1. The molecule has 0 spiro atoms. The van der Waals surface area contributed by atoms with Gasteiger partial charge in [0.1, 0.15) is 16.4 Å². The normalized spacial score (nSPS) is 11.5. The lowest BCUT2D eigenvalue weighted by atomic mass is 10.1. The van der Waals surface area contributed by atoms with Crippen LogP contribution in [0.3, 0.4) is 0 Å². The Morgan fingerprint density at radius 3 is 2.35 bits per heavy atom. The Morgan fingerprint density at radius 1 is 1.05 bits per heavy atom. The van der Waals surface area contributed by atoms with Gasteiger partial charge in [0.05, 0.1) is 17.2 Å². The van der Waals surface area contributed by atoms with E-state index in [-0.39, 0.29) is 22.1 Å². The van der Waals surface area contributed by atoms with Gasteiger partial charge in [-0.25, -0.2) is 9.48 Å². The minimum Gasteiger partial charge on any atom is -0.444 e. The third kappa shape index (κ3) is 5.84. The maximum Gasteiger partial charge on any atom is 0.344 e. The van der Waals surface area contributed by atoms with Crippen LogP contribution in [-0.2, 0) is 16.1 Å². The summed E-state index contributed by atoms with van der Waals surface area (Å²) in [6, 6.07) is 22.3. The van der Waals surface area contributed by atoms with Crippen LogP contribution in [0, 0.1) is 24.0 Å². The van der Waals surface area contributed by atoms with Gasteiger partial charge >= 0.3 is 5.97 Å². The lowest BCUT2D eigenvalue weighted by Crippen LogP contribution is -2.26. The summed E-state index contributed by atoms with van der Waals surface area (Å²) < 4.78 is 7.13. The molecule has 188 valence electrons. The molecule has 1 unspecified atom stereocenters. The molecule has 0 saturated heterocycles. The van der Waals surface area contributed by atoms with E-state index in [1.54, 1.807) is 50.2 Å². The third-order valence-electron chi connectivity index (χ3n) is 5.62. The second kappa shape index (κ2) is 11.0. The van der Waals surface area contributed by atoms with Crippen LogP contribution in [0.1, 0.15) is 38.8 Å². The molecule has 0 aliphatic heterocycles. The Hall–Kier alpha value is -4.50. The van der Waals surface area contributed by atoms with E-state index in [1.807, 2.05) is 30.3 Å².